The highest BCUT2D eigenvalue weighted by Crippen LogP contribution is 2.15. The molecule has 2 rings (SSSR count). The zero-order valence-corrected chi connectivity index (χ0v) is 13.2. The number of anilines is 2. The fraction of sp³-hybridized carbons (Fsp3) is 0.308. The topological polar surface area (TPSA) is 63.2 Å². The molecule has 0 aliphatic carbocycles. The van der Waals surface area contributed by atoms with Gasteiger partial charge in [0.2, 0.25) is 11.9 Å². The normalized spacial score (nSPS) is 10.2. The minimum Gasteiger partial charge on any atom is -0.458 e. The maximum Gasteiger partial charge on any atom is 0.323 e. The lowest BCUT2D eigenvalue weighted by atomic mass is 10.2. The molecule has 0 saturated heterocycles. The lowest BCUT2D eigenvalue weighted by Crippen LogP contribution is -2.15. The van der Waals surface area contributed by atoms with Gasteiger partial charge < -0.3 is 15.0 Å². The summed E-state index contributed by atoms with van der Waals surface area (Å²) in [5, 5.41) is 2.89. The van der Waals surface area contributed by atoms with Crippen molar-refractivity contribution < 1.29 is 4.74 Å². The van der Waals surface area contributed by atoms with Crippen LogP contribution < -0.4 is 15.0 Å². The molecule has 0 saturated carbocycles. The van der Waals surface area contributed by atoms with E-state index in [2.05, 4.69) is 36.2 Å². The maximum absolute atomic E-state index is 5.62. The first-order valence-electron chi connectivity index (χ1n) is 6.07. The Morgan fingerprint density at radius 3 is 2.45 bits per heavy atom. The number of halogens is 1. The number of rotatable bonds is 5. The Bertz CT molecular complexity index is 573. The Labute approximate surface area is 126 Å². The van der Waals surface area contributed by atoms with E-state index < -0.39 is 0 Å². The summed E-state index contributed by atoms with van der Waals surface area (Å²) < 4.78 is 6.66. The van der Waals surface area contributed by atoms with Crippen molar-refractivity contribution in [3.8, 4) is 6.01 Å². The molecule has 0 spiro atoms. The van der Waals surface area contributed by atoms with Crippen LogP contribution in [0.15, 0.2) is 28.7 Å². The summed E-state index contributed by atoms with van der Waals surface area (Å²) in [4.78, 5) is 14.4. The van der Waals surface area contributed by atoms with Gasteiger partial charge in [0.1, 0.15) is 6.61 Å². The molecule has 0 unspecified atom stereocenters. The Morgan fingerprint density at radius 1 is 1.15 bits per heavy atom. The summed E-state index contributed by atoms with van der Waals surface area (Å²) in [7, 11) is 5.49. The van der Waals surface area contributed by atoms with E-state index in [1.54, 1.807) is 11.9 Å². The molecule has 1 N–H and O–H groups in total. The van der Waals surface area contributed by atoms with E-state index in [4.69, 9.17) is 4.74 Å². The third-order valence-electron chi connectivity index (χ3n) is 2.51. The van der Waals surface area contributed by atoms with Crippen LogP contribution in [0, 0.1) is 0 Å². The fourth-order valence-corrected chi connectivity index (χ4v) is 1.72. The molecule has 0 amide bonds. The third kappa shape index (κ3) is 3.80. The molecule has 7 heteroatoms. The number of hydrogen-bond acceptors (Lipinski definition) is 6. The average Bonchev–Trinajstić information content (AvgIpc) is 2.46. The van der Waals surface area contributed by atoms with Crippen LogP contribution in [0.4, 0.5) is 11.9 Å². The highest BCUT2D eigenvalue weighted by Gasteiger charge is 2.08. The van der Waals surface area contributed by atoms with Crippen LogP contribution in [0.3, 0.4) is 0 Å². The van der Waals surface area contributed by atoms with Crippen molar-refractivity contribution >= 4 is 27.8 Å². The first-order valence-corrected chi connectivity index (χ1v) is 6.86. The summed E-state index contributed by atoms with van der Waals surface area (Å²) in [6.07, 6.45) is 0. The van der Waals surface area contributed by atoms with Crippen molar-refractivity contribution in [2.24, 2.45) is 0 Å². The number of nitrogens with zero attached hydrogens (tertiary/aromatic N) is 4. The summed E-state index contributed by atoms with van der Waals surface area (Å²) in [5.41, 5.74) is 1.05. The number of benzene rings is 1. The second-order valence-electron chi connectivity index (χ2n) is 4.30. The first kappa shape index (κ1) is 14.5. The van der Waals surface area contributed by atoms with Crippen LogP contribution in [0.1, 0.15) is 5.56 Å². The number of aromatic nitrogens is 3. The molecule has 0 fully saturated rings. The lowest BCUT2D eigenvalue weighted by Gasteiger charge is -2.12. The summed E-state index contributed by atoms with van der Waals surface area (Å²) >= 11 is 3.40. The molecule has 1 aromatic carbocycles. The molecule has 1 heterocycles. The Hall–Kier alpha value is -1.89. The Balaban J connectivity index is 2.12. The third-order valence-corrected chi connectivity index (χ3v) is 3.04. The van der Waals surface area contributed by atoms with Crippen molar-refractivity contribution in [1.82, 2.24) is 15.0 Å². The van der Waals surface area contributed by atoms with E-state index >= 15 is 0 Å². The second kappa shape index (κ2) is 6.51. The molecule has 0 aliphatic heterocycles. The molecule has 0 atom stereocenters. The molecule has 0 radical (unpaired) electrons. The largest absolute Gasteiger partial charge is 0.458 e. The molecular formula is C13H16BrN5O. The van der Waals surface area contributed by atoms with E-state index in [-0.39, 0.29) is 0 Å². The van der Waals surface area contributed by atoms with Crippen molar-refractivity contribution in [2.45, 2.75) is 6.61 Å². The van der Waals surface area contributed by atoms with Crippen LogP contribution in [-0.2, 0) is 6.61 Å². The molecule has 106 valence electrons. The SMILES string of the molecule is CNc1nc(OCc2ccc(Br)cc2)nc(N(C)C)n1. The molecule has 0 bridgehead atoms. The monoisotopic (exact) mass is 337 g/mol. The van der Waals surface area contributed by atoms with Gasteiger partial charge in [0, 0.05) is 25.6 Å². The lowest BCUT2D eigenvalue weighted by molar-refractivity contribution is 0.280. The summed E-state index contributed by atoms with van der Waals surface area (Å²) in [6.45, 7) is 0.410. The van der Waals surface area contributed by atoms with Crippen molar-refractivity contribution in [3.05, 3.63) is 34.3 Å². The fourth-order valence-electron chi connectivity index (χ4n) is 1.45. The van der Waals surface area contributed by atoms with Gasteiger partial charge in [-0.1, -0.05) is 28.1 Å². The van der Waals surface area contributed by atoms with E-state index in [9.17, 15) is 0 Å². The summed E-state index contributed by atoms with van der Waals surface area (Å²) in [5.74, 6) is 1.03. The van der Waals surface area contributed by atoms with Crippen molar-refractivity contribution in [3.63, 3.8) is 0 Å². The molecular weight excluding hydrogens is 322 g/mol. The van der Waals surface area contributed by atoms with E-state index in [1.165, 1.54) is 0 Å². The van der Waals surface area contributed by atoms with Gasteiger partial charge in [-0.05, 0) is 17.7 Å². The van der Waals surface area contributed by atoms with Gasteiger partial charge in [-0.2, -0.15) is 15.0 Å². The highest BCUT2D eigenvalue weighted by atomic mass is 79.9. The van der Waals surface area contributed by atoms with E-state index in [0.717, 1.165) is 10.0 Å². The van der Waals surface area contributed by atoms with Gasteiger partial charge in [0.25, 0.3) is 0 Å². The van der Waals surface area contributed by atoms with Crippen LogP contribution in [-0.4, -0.2) is 36.1 Å². The maximum atomic E-state index is 5.62. The van der Waals surface area contributed by atoms with Crippen LogP contribution in [0.2, 0.25) is 0 Å². The van der Waals surface area contributed by atoms with Gasteiger partial charge in [0.15, 0.2) is 0 Å². The first-order chi connectivity index (χ1) is 9.58. The predicted octanol–water partition coefficient (Wildman–Crippen LogP) is 2.32. The van der Waals surface area contributed by atoms with E-state index in [1.807, 2.05) is 38.4 Å². The van der Waals surface area contributed by atoms with Gasteiger partial charge in [-0.3, -0.25) is 0 Å². The number of ether oxygens (including phenoxy) is 1. The zero-order chi connectivity index (χ0) is 14.5. The molecule has 6 nitrogen and oxygen atoms in total. The minimum absolute atomic E-state index is 0.302. The number of hydrogen-bond donors (Lipinski definition) is 1. The van der Waals surface area contributed by atoms with Crippen LogP contribution in [0.25, 0.3) is 0 Å². The Morgan fingerprint density at radius 2 is 1.85 bits per heavy atom. The van der Waals surface area contributed by atoms with Crippen LogP contribution in [0.5, 0.6) is 6.01 Å². The van der Waals surface area contributed by atoms with Crippen molar-refractivity contribution in [1.29, 1.82) is 0 Å². The van der Waals surface area contributed by atoms with Gasteiger partial charge >= 0.3 is 6.01 Å². The zero-order valence-electron chi connectivity index (χ0n) is 11.6. The predicted molar refractivity (Wildman–Crippen MR) is 82.2 cm³/mol. The molecule has 1 aromatic heterocycles. The Kier molecular flexibility index (Phi) is 4.73. The summed E-state index contributed by atoms with van der Waals surface area (Å²) in [6, 6.07) is 8.21. The van der Waals surface area contributed by atoms with Gasteiger partial charge in [-0.25, -0.2) is 0 Å². The minimum atomic E-state index is 0.302. The van der Waals surface area contributed by atoms with E-state index in [0.29, 0.717) is 24.5 Å². The standard InChI is InChI=1S/C13H16BrN5O/c1-15-11-16-12(19(2)3)18-13(17-11)20-8-9-4-6-10(14)7-5-9/h4-7H,8H2,1-3H3,(H,15,16,17,18). The molecule has 20 heavy (non-hydrogen) atoms. The quantitative estimate of drug-likeness (QED) is 0.903. The molecule has 0 aliphatic rings. The smallest absolute Gasteiger partial charge is 0.323 e. The number of nitrogens with one attached hydrogen (secondary N) is 1. The van der Waals surface area contributed by atoms with Gasteiger partial charge in [-0.15, -0.1) is 0 Å². The van der Waals surface area contributed by atoms with Gasteiger partial charge in [0.05, 0.1) is 0 Å². The van der Waals surface area contributed by atoms with Crippen LogP contribution >= 0.6 is 15.9 Å². The average molecular weight is 338 g/mol. The molecule has 2 aromatic rings. The van der Waals surface area contributed by atoms with Crippen molar-refractivity contribution in [2.75, 3.05) is 31.4 Å². The second-order valence-corrected chi connectivity index (χ2v) is 5.22. The highest BCUT2D eigenvalue weighted by molar-refractivity contribution is 9.10.